The molecule has 5 nitrogen and oxygen atoms in total. The van der Waals surface area contributed by atoms with E-state index in [-0.39, 0.29) is 30.0 Å². The highest BCUT2D eigenvalue weighted by atomic mass is 127. The number of nitrogens with one attached hydrogen (secondary N) is 1. The number of aliphatic imine (C=N–C) groups is 1. The molecule has 1 aromatic carbocycles. The van der Waals surface area contributed by atoms with Crippen molar-refractivity contribution < 1.29 is 4.74 Å². The van der Waals surface area contributed by atoms with Crippen LogP contribution in [0.25, 0.3) is 0 Å². The highest BCUT2D eigenvalue weighted by molar-refractivity contribution is 14.0. The third-order valence-electron chi connectivity index (χ3n) is 3.97. The fraction of sp³-hybridized carbons (Fsp3) is 0.562. The molecule has 1 aliphatic heterocycles. The Balaban J connectivity index is 0.00000288. The van der Waals surface area contributed by atoms with Crippen LogP contribution in [0.5, 0.6) is 0 Å². The Morgan fingerprint density at radius 2 is 2.25 bits per heavy atom. The Labute approximate surface area is 170 Å². The maximum atomic E-state index is 6.21. The molecule has 0 bridgehead atoms. The number of nitrogens with zero attached hydrogens (tertiary/aromatic N) is 2. The summed E-state index contributed by atoms with van der Waals surface area (Å²) in [7, 11) is 0. The Morgan fingerprint density at radius 1 is 1.50 bits per heavy atom. The monoisotopic (exact) mass is 486 g/mol. The van der Waals surface area contributed by atoms with Crippen LogP contribution in [-0.4, -0.2) is 49.7 Å². The average Bonchev–Trinajstić information content (AvgIpc) is 2.49. The van der Waals surface area contributed by atoms with Crippen molar-refractivity contribution in [2.45, 2.75) is 25.9 Å². The van der Waals surface area contributed by atoms with E-state index in [1.54, 1.807) is 6.07 Å². The molecule has 2 atom stereocenters. The summed E-state index contributed by atoms with van der Waals surface area (Å²) in [6.45, 7) is 8.20. The molecule has 1 heterocycles. The average molecular weight is 487 g/mol. The van der Waals surface area contributed by atoms with Gasteiger partial charge in [0, 0.05) is 29.2 Å². The molecule has 3 N–H and O–H groups in total. The molecule has 8 heteroatoms. The lowest BCUT2D eigenvalue weighted by Gasteiger charge is -2.32. The van der Waals surface area contributed by atoms with Crippen molar-refractivity contribution in [2.75, 3.05) is 32.8 Å². The second-order valence-corrected chi connectivity index (χ2v) is 6.60. The minimum Gasteiger partial charge on any atom is -0.379 e. The molecule has 24 heavy (non-hydrogen) atoms. The zero-order valence-electron chi connectivity index (χ0n) is 14.0. The number of benzene rings is 1. The van der Waals surface area contributed by atoms with Crippen LogP contribution in [0.3, 0.4) is 0 Å². The van der Waals surface area contributed by atoms with E-state index in [1.807, 2.05) is 19.1 Å². The van der Waals surface area contributed by atoms with Crippen molar-refractivity contribution >= 4 is 53.1 Å². The van der Waals surface area contributed by atoms with Gasteiger partial charge in [-0.3, -0.25) is 9.89 Å². The number of morpholine rings is 1. The van der Waals surface area contributed by atoms with Crippen molar-refractivity contribution in [1.82, 2.24) is 10.2 Å². The number of halogens is 3. The fourth-order valence-electron chi connectivity index (χ4n) is 2.59. The first kappa shape index (κ1) is 21.8. The smallest absolute Gasteiger partial charge is 0.189 e. The summed E-state index contributed by atoms with van der Waals surface area (Å²) in [5, 5.41) is 4.40. The van der Waals surface area contributed by atoms with E-state index >= 15 is 0 Å². The Morgan fingerprint density at radius 3 is 2.92 bits per heavy atom. The van der Waals surface area contributed by atoms with Gasteiger partial charge in [0.15, 0.2) is 5.96 Å². The van der Waals surface area contributed by atoms with Crippen molar-refractivity contribution in [3.05, 3.63) is 33.8 Å². The number of ether oxygens (including phenoxy) is 1. The summed E-state index contributed by atoms with van der Waals surface area (Å²) in [5.74, 6) is 0.421. The third kappa shape index (κ3) is 6.55. The van der Waals surface area contributed by atoms with Crippen LogP contribution in [0.1, 0.15) is 25.5 Å². The van der Waals surface area contributed by atoms with Crippen molar-refractivity contribution in [3.8, 4) is 0 Å². The topological polar surface area (TPSA) is 62.9 Å². The van der Waals surface area contributed by atoms with Crippen LogP contribution >= 0.6 is 47.2 Å². The predicted molar refractivity (Wildman–Crippen MR) is 112 cm³/mol. The van der Waals surface area contributed by atoms with E-state index in [9.17, 15) is 0 Å². The van der Waals surface area contributed by atoms with Crippen LogP contribution in [0.4, 0.5) is 0 Å². The normalized spacial score (nSPS) is 20.3. The van der Waals surface area contributed by atoms with Crippen LogP contribution in [0.15, 0.2) is 23.2 Å². The molecule has 0 aliphatic carbocycles. The number of rotatable bonds is 5. The van der Waals surface area contributed by atoms with E-state index in [0.29, 0.717) is 28.6 Å². The summed E-state index contributed by atoms with van der Waals surface area (Å²) in [6.07, 6.45) is 0. The highest BCUT2D eigenvalue weighted by Crippen LogP contribution is 2.25. The first-order valence-corrected chi connectivity index (χ1v) is 8.56. The van der Waals surface area contributed by atoms with E-state index in [0.717, 1.165) is 31.9 Å². The molecule has 0 amide bonds. The second kappa shape index (κ2) is 10.7. The van der Waals surface area contributed by atoms with Crippen LogP contribution < -0.4 is 11.1 Å². The van der Waals surface area contributed by atoms with E-state index < -0.39 is 0 Å². The standard InChI is InChI=1S/C16H24Cl2N4O.HI/c1-11-10-23-8-7-22(11)6-5-20-16(19)21-12(2)14-4-3-13(17)9-15(14)18;/h3-4,9,11-12H,5-8,10H2,1-2H3,(H3,19,20,21);1H. The maximum Gasteiger partial charge on any atom is 0.189 e. The van der Waals surface area contributed by atoms with Gasteiger partial charge in [-0.1, -0.05) is 29.3 Å². The van der Waals surface area contributed by atoms with E-state index in [4.69, 9.17) is 33.7 Å². The minimum atomic E-state index is -0.0363. The molecular formula is C16H25Cl2IN4O. The SMILES string of the molecule is CC(NC(N)=NCCN1CCOCC1C)c1ccc(Cl)cc1Cl.I. The van der Waals surface area contributed by atoms with Gasteiger partial charge in [0.2, 0.25) is 0 Å². The highest BCUT2D eigenvalue weighted by Gasteiger charge is 2.17. The lowest BCUT2D eigenvalue weighted by atomic mass is 10.1. The maximum absolute atomic E-state index is 6.21. The lowest BCUT2D eigenvalue weighted by Crippen LogP contribution is -2.45. The number of guanidine groups is 1. The number of hydrogen-bond acceptors (Lipinski definition) is 3. The van der Waals surface area contributed by atoms with Crippen molar-refractivity contribution in [2.24, 2.45) is 10.7 Å². The van der Waals surface area contributed by atoms with E-state index in [1.165, 1.54) is 0 Å². The zero-order valence-corrected chi connectivity index (χ0v) is 17.8. The Hall–Kier alpha value is -0.280. The van der Waals surface area contributed by atoms with Gasteiger partial charge in [-0.15, -0.1) is 24.0 Å². The van der Waals surface area contributed by atoms with Gasteiger partial charge in [0.05, 0.1) is 25.8 Å². The molecule has 1 aliphatic rings. The summed E-state index contributed by atoms with van der Waals surface area (Å²) >= 11 is 12.1. The molecule has 1 aromatic rings. The second-order valence-electron chi connectivity index (χ2n) is 5.76. The number of hydrogen-bond donors (Lipinski definition) is 2. The summed E-state index contributed by atoms with van der Waals surface area (Å²) in [5.41, 5.74) is 6.91. The largest absolute Gasteiger partial charge is 0.379 e. The zero-order chi connectivity index (χ0) is 16.8. The van der Waals surface area contributed by atoms with Gasteiger partial charge in [-0.05, 0) is 31.5 Å². The fourth-order valence-corrected chi connectivity index (χ4v) is 3.16. The molecule has 1 fully saturated rings. The van der Waals surface area contributed by atoms with Crippen molar-refractivity contribution in [1.29, 1.82) is 0 Å². The van der Waals surface area contributed by atoms with Crippen molar-refractivity contribution in [3.63, 3.8) is 0 Å². The molecule has 0 saturated carbocycles. The first-order valence-electron chi connectivity index (χ1n) is 7.80. The molecule has 2 unspecified atom stereocenters. The molecule has 0 radical (unpaired) electrons. The molecule has 1 saturated heterocycles. The molecule has 0 spiro atoms. The van der Waals surface area contributed by atoms with Gasteiger partial charge in [0.1, 0.15) is 0 Å². The molecular weight excluding hydrogens is 462 g/mol. The summed E-state index contributed by atoms with van der Waals surface area (Å²) in [6, 6.07) is 5.83. The van der Waals surface area contributed by atoms with Gasteiger partial charge < -0.3 is 15.8 Å². The Kier molecular flexibility index (Phi) is 9.66. The van der Waals surface area contributed by atoms with Crippen LogP contribution in [-0.2, 0) is 4.74 Å². The quantitative estimate of drug-likeness (QED) is 0.381. The van der Waals surface area contributed by atoms with Gasteiger partial charge in [0.25, 0.3) is 0 Å². The number of nitrogens with two attached hydrogens (primary N) is 1. The molecule has 136 valence electrons. The Bertz CT molecular complexity index is 559. The van der Waals surface area contributed by atoms with E-state index in [2.05, 4.69) is 22.1 Å². The van der Waals surface area contributed by atoms with Gasteiger partial charge in [-0.25, -0.2) is 0 Å². The summed E-state index contributed by atoms with van der Waals surface area (Å²) in [4.78, 5) is 6.76. The van der Waals surface area contributed by atoms with Gasteiger partial charge >= 0.3 is 0 Å². The molecule has 2 rings (SSSR count). The minimum absolute atomic E-state index is 0. The summed E-state index contributed by atoms with van der Waals surface area (Å²) < 4.78 is 5.42. The third-order valence-corrected chi connectivity index (χ3v) is 4.53. The molecule has 0 aromatic heterocycles. The van der Waals surface area contributed by atoms with Crippen LogP contribution in [0, 0.1) is 0 Å². The predicted octanol–water partition coefficient (Wildman–Crippen LogP) is 3.30. The first-order chi connectivity index (χ1) is 11.0. The lowest BCUT2D eigenvalue weighted by molar-refractivity contribution is 0.00141. The van der Waals surface area contributed by atoms with Gasteiger partial charge in [-0.2, -0.15) is 0 Å². The van der Waals surface area contributed by atoms with Crippen LogP contribution in [0.2, 0.25) is 10.0 Å².